The summed E-state index contributed by atoms with van der Waals surface area (Å²) < 4.78 is 13.7. The van der Waals surface area contributed by atoms with Crippen LogP contribution < -0.4 is 5.32 Å². The van der Waals surface area contributed by atoms with Crippen LogP contribution in [0.5, 0.6) is 0 Å². The molecular formula is C16H14FNO2S. The number of hydrogen-bond acceptors (Lipinski definition) is 3. The van der Waals surface area contributed by atoms with Gasteiger partial charge >= 0.3 is 0 Å². The first-order valence-corrected chi connectivity index (χ1v) is 7.14. The molecule has 1 heterocycles. The van der Waals surface area contributed by atoms with Gasteiger partial charge in [-0.3, -0.25) is 4.79 Å². The van der Waals surface area contributed by atoms with Crippen molar-refractivity contribution >= 4 is 17.2 Å². The first-order valence-electron chi connectivity index (χ1n) is 6.33. The predicted molar refractivity (Wildman–Crippen MR) is 80.6 cm³/mol. The van der Waals surface area contributed by atoms with Crippen molar-refractivity contribution in [3.8, 4) is 11.8 Å². The molecule has 2 rings (SSSR count). The summed E-state index contributed by atoms with van der Waals surface area (Å²) in [7, 11) is 0. The van der Waals surface area contributed by atoms with Gasteiger partial charge in [-0.25, -0.2) is 4.39 Å². The van der Waals surface area contributed by atoms with E-state index in [-0.39, 0.29) is 12.2 Å². The van der Waals surface area contributed by atoms with Gasteiger partial charge in [0.1, 0.15) is 12.4 Å². The van der Waals surface area contributed by atoms with Crippen molar-refractivity contribution in [1.82, 2.24) is 5.32 Å². The van der Waals surface area contributed by atoms with E-state index in [0.717, 1.165) is 15.3 Å². The summed E-state index contributed by atoms with van der Waals surface area (Å²) in [6, 6.07) is 8.18. The fourth-order valence-electron chi connectivity index (χ4n) is 1.73. The maximum atomic E-state index is 13.7. The van der Waals surface area contributed by atoms with E-state index >= 15 is 0 Å². The van der Waals surface area contributed by atoms with E-state index in [1.807, 2.05) is 12.1 Å². The third-order valence-electron chi connectivity index (χ3n) is 2.74. The second-order valence-electron chi connectivity index (χ2n) is 4.39. The number of aliphatic hydroxyl groups excluding tert-OH is 1. The van der Waals surface area contributed by atoms with Crippen LogP contribution in [-0.4, -0.2) is 17.6 Å². The van der Waals surface area contributed by atoms with E-state index in [4.69, 9.17) is 5.11 Å². The van der Waals surface area contributed by atoms with Crippen LogP contribution in [0.15, 0.2) is 30.3 Å². The van der Waals surface area contributed by atoms with Crippen molar-refractivity contribution in [3.63, 3.8) is 0 Å². The summed E-state index contributed by atoms with van der Waals surface area (Å²) in [6.07, 6.45) is 0. The molecule has 0 saturated carbocycles. The molecule has 1 amide bonds. The fraction of sp³-hybridized carbons (Fsp3) is 0.188. The maximum Gasteiger partial charge on any atom is 0.254 e. The molecule has 0 bridgehead atoms. The SMILES string of the molecule is Cc1ccc(C(=O)NCc2ccc(C#CCO)s2)c(F)c1. The van der Waals surface area contributed by atoms with Gasteiger partial charge in [-0.1, -0.05) is 17.9 Å². The first-order chi connectivity index (χ1) is 10.1. The third kappa shape index (κ3) is 4.15. The fourth-order valence-corrected chi connectivity index (χ4v) is 2.56. The number of aryl methyl sites for hydroxylation is 1. The number of thiophene rings is 1. The number of halogens is 1. The summed E-state index contributed by atoms with van der Waals surface area (Å²) >= 11 is 1.42. The third-order valence-corrected chi connectivity index (χ3v) is 3.75. The van der Waals surface area contributed by atoms with Crippen molar-refractivity contribution in [2.24, 2.45) is 0 Å². The normalized spacial score (nSPS) is 9.86. The van der Waals surface area contributed by atoms with Crippen molar-refractivity contribution < 1.29 is 14.3 Å². The summed E-state index contributed by atoms with van der Waals surface area (Å²) in [5.41, 5.74) is 0.812. The van der Waals surface area contributed by atoms with Crippen LogP contribution in [0.25, 0.3) is 0 Å². The number of rotatable bonds is 3. The molecular weight excluding hydrogens is 289 g/mol. The average molecular weight is 303 g/mol. The monoisotopic (exact) mass is 303 g/mol. The molecule has 0 radical (unpaired) electrons. The van der Waals surface area contributed by atoms with Gasteiger partial charge < -0.3 is 10.4 Å². The molecule has 2 aromatic rings. The molecule has 2 N–H and O–H groups in total. The lowest BCUT2D eigenvalue weighted by atomic mass is 10.1. The second kappa shape index (κ2) is 7.02. The quantitative estimate of drug-likeness (QED) is 0.856. The maximum absolute atomic E-state index is 13.7. The van der Waals surface area contributed by atoms with Gasteiger partial charge in [0.05, 0.1) is 17.0 Å². The molecule has 0 aliphatic carbocycles. The molecule has 0 atom stereocenters. The molecule has 0 fully saturated rings. The van der Waals surface area contributed by atoms with Crippen molar-refractivity contribution in [2.75, 3.05) is 6.61 Å². The van der Waals surface area contributed by atoms with Crippen LogP contribution in [0.2, 0.25) is 0 Å². The highest BCUT2D eigenvalue weighted by Crippen LogP contribution is 2.16. The molecule has 108 valence electrons. The van der Waals surface area contributed by atoms with Crippen LogP contribution >= 0.6 is 11.3 Å². The largest absolute Gasteiger partial charge is 0.384 e. The number of benzene rings is 1. The van der Waals surface area contributed by atoms with Crippen LogP contribution in [-0.2, 0) is 6.54 Å². The Labute approximate surface area is 126 Å². The Morgan fingerprint density at radius 3 is 2.90 bits per heavy atom. The molecule has 0 saturated heterocycles. The molecule has 1 aromatic heterocycles. The number of amides is 1. The zero-order valence-corrected chi connectivity index (χ0v) is 12.3. The van der Waals surface area contributed by atoms with Crippen LogP contribution in [0, 0.1) is 24.6 Å². The predicted octanol–water partition coefficient (Wildman–Crippen LogP) is 2.47. The number of carbonyl (C=O) groups is 1. The van der Waals surface area contributed by atoms with E-state index < -0.39 is 11.7 Å². The first kappa shape index (κ1) is 15.2. The Kier molecular flexibility index (Phi) is 5.09. The minimum atomic E-state index is -0.520. The van der Waals surface area contributed by atoms with Gasteiger partial charge in [-0.15, -0.1) is 11.3 Å². The van der Waals surface area contributed by atoms with E-state index in [0.29, 0.717) is 6.54 Å². The Balaban J connectivity index is 1.99. The minimum Gasteiger partial charge on any atom is -0.384 e. The van der Waals surface area contributed by atoms with Crippen molar-refractivity contribution in [2.45, 2.75) is 13.5 Å². The lowest BCUT2D eigenvalue weighted by Crippen LogP contribution is -2.23. The Morgan fingerprint density at radius 1 is 1.38 bits per heavy atom. The van der Waals surface area contributed by atoms with E-state index in [9.17, 15) is 9.18 Å². The number of carbonyl (C=O) groups excluding carboxylic acids is 1. The average Bonchev–Trinajstić information content (AvgIpc) is 2.90. The highest BCUT2D eigenvalue weighted by atomic mass is 32.1. The second-order valence-corrected chi connectivity index (χ2v) is 5.56. The Morgan fingerprint density at radius 2 is 2.19 bits per heavy atom. The smallest absolute Gasteiger partial charge is 0.254 e. The number of hydrogen-bond donors (Lipinski definition) is 2. The van der Waals surface area contributed by atoms with Gasteiger partial charge in [0, 0.05) is 4.88 Å². The zero-order chi connectivity index (χ0) is 15.2. The van der Waals surface area contributed by atoms with Crippen molar-refractivity contribution in [1.29, 1.82) is 0 Å². The Hall–Kier alpha value is -2.16. The van der Waals surface area contributed by atoms with E-state index in [1.165, 1.54) is 23.5 Å². The van der Waals surface area contributed by atoms with E-state index in [2.05, 4.69) is 17.2 Å². The molecule has 1 aromatic carbocycles. The molecule has 0 aliphatic rings. The summed E-state index contributed by atoms with van der Waals surface area (Å²) in [6.45, 7) is 1.90. The number of aliphatic hydroxyl groups is 1. The zero-order valence-electron chi connectivity index (χ0n) is 11.4. The number of nitrogens with one attached hydrogen (secondary N) is 1. The molecule has 3 nitrogen and oxygen atoms in total. The van der Waals surface area contributed by atoms with Gasteiger partial charge in [0.15, 0.2) is 0 Å². The minimum absolute atomic E-state index is 0.0393. The molecule has 0 spiro atoms. The summed E-state index contributed by atoms with van der Waals surface area (Å²) in [5.74, 6) is 4.39. The highest BCUT2D eigenvalue weighted by Gasteiger charge is 2.11. The van der Waals surface area contributed by atoms with Gasteiger partial charge in [-0.05, 0) is 36.8 Å². The summed E-state index contributed by atoms with van der Waals surface area (Å²) in [5, 5.41) is 11.3. The molecule has 21 heavy (non-hydrogen) atoms. The van der Waals surface area contributed by atoms with Crippen LogP contribution in [0.1, 0.15) is 25.7 Å². The van der Waals surface area contributed by atoms with Crippen LogP contribution in [0.3, 0.4) is 0 Å². The molecule has 0 aliphatic heterocycles. The van der Waals surface area contributed by atoms with Gasteiger partial charge in [0.25, 0.3) is 5.91 Å². The lowest BCUT2D eigenvalue weighted by molar-refractivity contribution is 0.0947. The molecule has 0 unspecified atom stereocenters. The van der Waals surface area contributed by atoms with Gasteiger partial charge in [-0.2, -0.15) is 0 Å². The summed E-state index contributed by atoms with van der Waals surface area (Å²) in [4.78, 5) is 13.7. The van der Waals surface area contributed by atoms with Crippen molar-refractivity contribution in [3.05, 3.63) is 57.0 Å². The van der Waals surface area contributed by atoms with Gasteiger partial charge in [0.2, 0.25) is 0 Å². The standard InChI is InChI=1S/C16H14FNO2S/c1-11-4-7-14(15(17)9-11)16(20)18-10-13-6-5-12(21-13)3-2-8-19/h4-7,9,19H,8,10H2,1H3,(H,18,20). The molecule has 5 heteroatoms. The highest BCUT2D eigenvalue weighted by molar-refractivity contribution is 7.12. The van der Waals surface area contributed by atoms with E-state index in [1.54, 1.807) is 13.0 Å². The lowest BCUT2D eigenvalue weighted by Gasteiger charge is -2.05. The topological polar surface area (TPSA) is 49.3 Å². The van der Waals surface area contributed by atoms with Crippen LogP contribution in [0.4, 0.5) is 4.39 Å². The Bertz CT molecular complexity index is 713.